The van der Waals surface area contributed by atoms with Gasteiger partial charge in [0.1, 0.15) is 6.10 Å². The van der Waals surface area contributed by atoms with Gasteiger partial charge in [-0.3, -0.25) is 0 Å². The molecule has 1 aliphatic rings. The lowest BCUT2D eigenvalue weighted by molar-refractivity contribution is -0.157. The second-order valence-electron chi connectivity index (χ2n) is 8.77. The molecule has 0 bridgehead atoms. The van der Waals surface area contributed by atoms with Gasteiger partial charge >= 0.3 is 6.09 Å². The highest BCUT2D eigenvalue weighted by Crippen LogP contribution is 2.32. The van der Waals surface area contributed by atoms with Gasteiger partial charge in [0.2, 0.25) is 0 Å². The van der Waals surface area contributed by atoms with Gasteiger partial charge in [-0.15, -0.1) is 0 Å². The fraction of sp³-hybridized carbons (Fsp3) is 0.640. The molecule has 1 saturated heterocycles. The number of rotatable bonds is 9. The largest absolute Gasteiger partial charge is 0.439 e. The van der Waals surface area contributed by atoms with Gasteiger partial charge in [0.15, 0.2) is 6.10 Å². The van der Waals surface area contributed by atoms with Crippen molar-refractivity contribution < 1.29 is 19.0 Å². The van der Waals surface area contributed by atoms with Crippen LogP contribution in [0.3, 0.4) is 0 Å². The van der Waals surface area contributed by atoms with Crippen LogP contribution in [0.2, 0.25) is 0 Å². The Hall–Kier alpha value is -1.85. The second-order valence-corrected chi connectivity index (χ2v) is 8.77. The predicted molar refractivity (Wildman–Crippen MR) is 120 cm³/mol. The fourth-order valence-electron chi connectivity index (χ4n) is 4.07. The maximum atomic E-state index is 13.0. The van der Waals surface area contributed by atoms with E-state index in [0.29, 0.717) is 13.0 Å². The van der Waals surface area contributed by atoms with Crippen LogP contribution in [0, 0.1) is 0 Å². The quantitative estimate of drug-likeness (QED) is 0.482. The molecule has 168 valence electrons. The van der Waals surface area contributed by atoms with Gasteiger partial charge in [-0.05, 0) is 58.6 Å². The topological polar surface area (TPSA) is 48.0 Å². The molecule has 2 rings (SSSR count). The molecular formula is C25H39NO4. The SMILES string of the molecule is C=C1C[C@H](CCC)O[C@H]([C@H](C)OCc2ccccc2)[C@H]1OC(=O)N(C(C)C)C(C)C. The van der Waals surface area contributed by atoms with Gasteiger partial charge in [0.05, 0.1) is 18.8 Å². The van der Waals surface area contributed by atoms with Crippen LogP contribution >= 0.6 is 0 Å². The number of amides is 1. The average Bonchev–Trinajstić information content (AvgIpc) is 2.68. The molecule has 1 aromatic rings. The van der Waals surface area contributed by atoms with Gasteiger partial charge in [-0.2, -0.15) is 0 Å². The van der Waals surface area contributed by atoms with Gasteiger partial charge in [0, 0.05) is 12.1 Å². The molecule has 1 heterocycles. The summed E-state index contributed by atoms with van der Waals surface area (Å²) in [5.41, 5.74) is 2.00. The van der Waals surface area contributed by atoms with Gasteiger partial charge in [-0.1, -0.05) is 50.3 Å². The molecule has 0 N–H and O–H groups in total. The zero-order chi connectivity index (χ0) is 22.3. The van der Waals surface area contributed by atoms with Crippen molar-refractivity contribution >= 4 is 6.09 Å². The molecule has 0 saturated carbocycles. The maximum absolute atomic E-state index is 13.0. The van der Waals surface area contributed by atoms with Crippen LogP contribution in [0.25, 0.3) is 0 Å². The zero-order valence-corrected chi connectivity index (χ0v) is 19.5. The van der Waals surface area contributed by atoms with Gasteiger partial charge in [0.25, 0.3) is 0 Å². The molecule has 1 fully saturated rings. The molecule has 5 nitrogen and oxygen atoms in total. The Labute approximate surface area is 182 Å². The minimum absolute atomic E-state index is 0.0494. The normalized spacial score (nSPS) is 22.9. The molecule has 0 unspecified atom stereocenters. The Kier molecular flexibility index (Phi) is 9.37. The number of carbonyl (C=O) groups excluding carboxylic acids is 1. The molecule has 5 heteroatoms. The third-order valence-corrected chi connectivity index (χ3v) is 5.52. The molecule has 30 heavy (non-hydrogen) atoms. The lowest BCUT2D eigenvalue weighted by atomic mass is 9.91. The highest BCUT2D eigenvalue weighted by Gasteiger charge is 2.41. The lowest BCUT2D eigenvalue weighted by Gasteiger charge is -2.41. The van der Waals surface area contributed by atoms with E-state index < -0.39 is 6.10 Å². The summed E-state index contributed by atoms with van der Waals surface area (Å²) < 4.78 is 18.5. The van der Waals surface area contributed by atoms with Crippen molar-refractivity contribution in [2.45, 2.75) is 104 Å². The maximum Gasteiger partial charge on any atom is 0.410 e. The first-order valence-corrected chi connectivity index (χ1v) is 11.2. The molecule has 0 aromatic heterocycles. The third-order valence-electron chi connectivity index (χ3n) is 5.52. The summed E-state index contributed by atoms with van der Waals surface area (Å²) >= 11 is 0. The summed E-state index contributed by atoms with van der Waals surface area (Å²) in [4.78, 5) is 14.7. The molecule has 1 aliphatic heterocycles. The van der Waals surface area contributed by atoms with E-state index in [1.54, 1.807) is 4.90 Å². The van der Waals surface area contributed by atoms with Crippen LogP contribution in [-0.4, -0.2) is 47.5 Å². The van der Waals surface area contributed by atoms with E-state index in [2.05, 4.69) is 13.5 Å². The van der Waals surface area contributed by atoms with E-state index in [0.717, 1.165) is 24.0 Å². The van der Waals surface area contributed by atoms with Crippen molar-refractivity contribution in [2.75, 3.05) is 0 Å². The molecule has 1 aromatic carbocycles. The van der Waals surface area contributed by atoms with Crippen molar-refractivity contribution in [2.24, 2.45) is 0 Å². The first-order valence-electron chi connectivity index (χ1n) is 11.2. The monoisotopic (exact) mass is 417 g/mol. The van der Waals surface area contributed by atoms with Crippen molar-refractivity contribution in [3.8, 4) is 0 Å². The number of hydrogen-bond donors (Lipinski definition) is 0. The van der Waals surface area contributed by atoms with E-state index >= 15 is 0 Å². The summed E-state index contributed by atoms with van der Waals surface area (Å²) in [7, 11) is 0. The van der Waals surface area contributed by atoms with E-state index in [-0.39, 0.29) is 36.5 Å². The molecule has 0 aliphatic carbocycles. The fourth-order valence-corrected chi connectivity index (χ4v) is 4.07. The van der Waals surface area contributed by atoms with Crippen LogP contribution in [0.1, 0.15) is 66.4 Å². The van der Waals surface area contributed by atoms with E-state index in [9.17, 15) is 4.79 Å². The van der Waals surface area contributed by atoms with Crippen LogP contribution < -0.4 is 0 Å². The standard InChI is InChI=1S/C25H39NO4/c1-8-12-22-15-19(6)23(30-25(27)26(17(2)3)18(4)5)24(29-22)20(7)28-16-21-13-10-9-11-14-21/h9-11,13-14,17-18,20,22-24H,6,8,12,15-16H2,1-5,7H3/t20-,22-,23-,24+/m0/s1. The summed E-state index contributed by atoms with van der Waals surface area (Å²) in [6.45, 7) is 16.8. The Balaban J connectivity index is 2.14. The predicted octanol–water partition coefficient (Wildman–Crippen LogP) is 5.73. The zero-order valence-electron chi connectivity index (χ0n) is 19.5. The van der Waals surface area contributed by atoms with Gasteiger partial charge < -0.3 is 19.1 Å². The van der Waals surface area contributed by atoms with E-state index in [1.807, 2.05) is 65.0 Å². The van der Waals surface area contributed by atoms with Crippen molar-refractivity contribution in [3.05, 3.63) is 48.0 Å². The van der Waals surface area contributed by atoms with Gasteiger partial charge in [-0.25, -0.2) is 4.79 Å². The molecular weight excluding hydrogens is 378 g/mol. The van der Waals surface area contributed by atoms with Crippen molar-refractivity contribution in [1.29, 1.82) is 0 Å². The minimum Gasteiger partial charge on any atom is -0.439 e. The number of hydrogen-bond acceptors (Lipinski definition) is 4. The molecule has 0 spiro atoms. The smallest absolute Gasteiger partial charge is 0.410 e. The Morgan fingerprint density at radius 2 is 1.80 bits per heavy atom. The Morgan fingerprint density at radius 1 is 1.17 bits per heavy atom. The van der Waals surface area contributed by atoms with E-state index in [4.69, 9.17) is 14.2 Å². The molecule has 0 radical (unpaired) electrons. The number of benzene rings is 1. The Morgan fingerprint density at radius 3 is 2.37 bits per heavy atom. The molecule has 1 amide bonds. The van der Waals surface area contributed by atoms with Crippen LogP contribution in [-0.2, 0) is 20.8 Å². The summed E-state index contributed by atoms with van der Waals surface area (Å²) in [6.07, 6.45) is 1.30. The first kappa shape index (κ1) is 24.4. The lowest BCUT2D eigenvalue weighted by Crippen LogP contribution is -2.52. The summed E-state index contributed by atoms with van der Waals surface area (Å²) in [5.74, 6) is 0. The minimum atomic E-state index is -0.517. The second kappa shape index (κ2) is 11.5. The van der Waals surface area contributed by atoms with Crippen LogP contribution in [0.5, 0.6) is 0 Å². The number of nitrogens with zero attached hydrogens (tertiary/aromatic N) is 1. The first-order chi connectivity index (χ1) is 14.2. The van der Waals surface area contributed by atoms with Crippen molar-refractivity contribution in [1.82, 2.24) is 4.90 Å². The van der Waals surface area contributed by atoms with Crippen molar-refractivity contribution in [3.63, 3.8) is 0 Å². The summed E-state index contributed by atoms with van der Waals surface area (Å²) in [6, 6.07) is 10.2. The Bertz CT molecular complexity index is 665. The van der Waals surface area contributed by atoms with Crippen LogP contribution in [0.4, 0.5) is 4.79 Å². The highest BCUT2D eigenvalue weighted by molar-refractivity contribution is 5.69. The third kappa shape index (κ3) is 6.58. The number of carbonyl (C=O) groups is 1. The summed E-state index contributed by atoms with van der Waals surface area (Å²) in [5, 5.41) is 0. The number of ether oxygens (including phenoxy) is 3. The van der Waals surface area contributed by atoms with Crippen LogP contribution in [0.15, 0.2) is 42.5 Å². The molecule has 4 atom stereocenters. The average molecular weight is 418 g/mol. The van der Waals surface area contributed by atoms with E-state index in [1.165, 1.54) is 0 Å². The highest BCUT2D eigenvalue weighted by atomic mass is 16.6.